The average Bonchev–Trinajstić information content (AvgIpc) is 2.52. The smallest absolute Gasteiger partial charge is 0.262 e. The van der Waals surface area contributed by atoms with Gasteiger partial charge in [0.15, 0.2) is 11.6 Å². The van der Waals surface area contributed by atoms with Crippen molar-refractivity contribution in [3.8, 4) is 11.1 Å². The van der Waals surface area contributed by atoms with Gasteiger partial charge in [-0.25, -0.2) is 16.8 Å². The van der Waals surface area contributed by atoms with Crippen LogP contribution >= 0.6 is 44.6 Å². The van der Waals surface area contributed by atoms with Crippen LogP contribution < -0.4 is 0 Å². The molecule has 0 radical (unpaired) electrons. The first kappa shape index (κ1) is 23.1. The molecular formula is C16H10Cl4O6S2. The molecule has 0 heterocycles. The van der Waals surface area contributed by atoms with Gasteiger partial charge >= 0.3 is 0 Å². The Kier molecular flexibility index (Phi) is 6.55. The van der Waals surface area contributed by atoms with E-state index in [1.165, 1.54) is 12.1 Å². The van der Waals surface area contributed by atoms with Crippen molar-refractivity contribution < 1.29 is 26.4 Å². The number of hydrogen-bond donors (Lipinski definition) is 0. The molecule has 2 aromatic rings. The Morgan fingerprint density at radius 2 is 0.964 bits per heavy atom. The quantitative estimate of drug-likeness (QED) is 0.423. The van der Waals surface area contributed by atoms with Crippen LogP contribution in [0.2, 0.25) is 10.0 Å². The Bertz CT molecular complexity index is 1140. The van der Waals surface area contributed by atoms with Crippen LogP contribution in [0, 0.1) is 0 Å². The van der Waals surface area contributed by atoms with E-state index >= 15 is 0 Å². The standard InChI is InChI=1S/C16H10Cl4O6S2/c1-7(21)13-11(17)5-3-9(15(13)27(19,23)24)10-4-6-12(18)14(8(2)22)16(10)28(20,25)26/h3-6H,1-2H3. The SMILES string of the molecule is CC(=O)c1c(Cl)ccc(-c2ccc(Cl)c(C(C)=O)c2S(=O)(=O)Cl)c1S(=O)(=O)Cl. The molecule has 0 spiro atoms. The molecule has 0 aliphatic rings. The molecule has 2 rings (SSSR count). The molecule has 0 aliphatic heterocycles. The summed E-state index contributed by atoms with van der Waals surface area (Å²) in [4.78, 5) is 22.6. The van der Waals surface area contributed by atoms with Gasteiger partial charge in [0.2, 0.25) is 0 Å². The number of ketones is 2. The minimum Gasteiger partial charge on any atom is -0.294 e. The Balaban J connectivity index is 3.20. The van der Waals surface area contributed by atoms with Crippen LogP contribution in [0.15, 0.2) is 34.1 Å². The third-order valence-electron chi connectivity index (χ3n) is 3.70. The third kappa shape index (κ3) is 4.37. The Hall–Kier alpha value is -1.16. The maximum atomic E-state index is 12.2. The van der Waals surface area contributed by atoms with Crippen molar-refractivity contribution in [3.63, 3.8) is 0 Å². The summed E-state index contributed by atoms with van der Waals surface area (Å²) in [5.74, 6) is -1.44. The second kappa shape index (κ2) is 7.93. The van der Waals surface area contributed by atoms with E-state index in [4.69, 9.17) is 44.6 Å². The fourth-order valence-corrected chi connectivity index (χ4v) is 6.24. The molecule has 0 fully saturated rings. The largest absolute Gasteiger partial charge is 0.294 e. The lowest BCUT2D eigenvalue weighted by molar-refractivity contribution is 0.100. The molecule has 0 atom stereocenters. The minimum absolute atomic E-state index is 0.202. The summed E-state index contributed by atoms with van der Waals surface area (Å²) in [6.45, 7) is 2.14. The van der Waals surface area contributed by atoms with Crippen LogP contribution in [0.3, 0.4) is 0 Å². The number of Topliss-reactive ketones (excluding diaryl/α,β-unsaturated/α-hetero) is 2. The van der Waals surface area contributed by atoms with Gasteiger partial charge in [0, 0.05) is 32.5 Å². The van der Waals surface area contributed by atoms with Gasteiger partial charge in [0.05, 0.1) is 21.2 Å². The van der Waals surface area contributed by atoms with Gasteiger partial charge in [-0.3, -0.25) is 9.59 Å². The topological polar surface area (TPSA) is 102 Å². The van der Waals surface area contributed by atoms with Gasteiger partial charge < -0.3 is 0 Å². The van der Waals surface area contributed by atoms with Crippen LogP contribution in [0.5, 0.6) is 0 Å². The van der Waals surface area contributed by atoms with Crippen molar-refractivity contribution in [2.24, 2.45) is 0 Å². The van der Waals surface area contributed by atoms with Crippen LogP contribution in [-0.4, -0.2) is 28.4 Å². The van der Waals surface area contributed by atoms with Crippen molar-refractivity contribution in [2.75, 3.05) is 0 Å². The molecule has 2 aromatic carbocycles. The maximum Gasteiger partial charge on any atom is 0.262 e. The molecule has 0 saturated carbocycles. The zero-order chi connectivity index (χ0) is 21.6. The Labute approximate surface area is 180 Å². The summed E-state index contributed by atoms with van der Waals surface area (Å²) < 4.78 is 48.9. The number of benzene rings is 2. The summed E-state index contributed by atoms with van der Waals surface area (Å²) in [5, 5.41) is -0.405. The highest BCUT2D eigenvalue weighted by Crippen LogP contribution is 2.42. The first-order valence-corrected chi connectivity index (χ1v) is 12.6. The fourth-order valence-electron chi connectivity index (χ4n) is 2.70. The van der Waals surface area contributed by atoms with Gasteiger partial charge in [-0.1, -0.05) is 35.3 Å². The third-order valence-corrected chi connectivity index (χ3v) is 7.07. The van der Waals surface area contributed by atoms with E-state index in [1.807, 2.05) is 0 Å². The van der Waals surface area contributed by atoms with E-state index in [0.29, 0.717) is 0 Å². The van der Waals surface area contributed by atoms with E-state index in [1.54, 1.807) is 0 Å². The lowest BCUT2D eigenvalue weighted by Crippen LogP contribution is -2.10. The highest BCUT2D eigenvalue weighted by Gasteiger charge is 2.32. The first-order valence-electron chi connectivity index (χ1n) is 7.24. The number of carbonyl (C=O) groups excluding carboxylic acids is 2. The summed E-state index contributed by atoms with van der Waals surface area (Å²) in [6.07, 6.45) is 0. The van der Waals surface area contributed by atoms with Crippen molar-refractivity contribution in [2.45, 2.75) is 23.6 Å². The molecule has 0 unspecified atom stereocenters. The second-order valence-electron chi connectivity index (χ2n) is 5.59. The van der Waals surface area contributed by atoms with Crippen molar-refractivity contribution in [1.82, 2.24) is 0 Å². The van der Waals surface area contributed by atoms with E-state index in [-0.39, 0.29) is 21.2 Å². The molecule has 0 aromatic heterocycles. The Morgan fingerprint density at radius 3 is 1.18 bits per heavy atom. The summed E-state index contributed by atoms with van der Waals surface area (Å²) in [7, 11) is 1.89. The van der Waals surface area contributed by atoms with Crippen molar-refractivity contribution >= 4 is 74.2 Å². The minimum atomic E-state index is -4.57. The van der Waals surface area contributed by atoms with Crippen LogP contribution in [-0.2, 0) is 18.1 Å². The predicted octanol–water partition coefficient (Wildman–Crippen LogP) is 4.92. The molecule has 0 N–H and O–H groups in total. The first-order chi connectivity index (χ1) is 12.7. The zero-order valence-corrected chi connectivity index (χ0v) is 18.7. The van der Waals surface area contributed by atoms with Gasteiger partial charge in [0.1, 0.15) is 9.79 Å². The van der Waals surface area contributed by atoms with Gasteiger partial charge in [-0.05, 0) is 26.0 Å². The maximum absolute atomic E-state index is 12.2. The molecule has 12 heteroatoms. The zero-order valence-electron chi connectivity index (χ0n) is 14.1. The van der Waals surface area contributed by atoms with Crippen LogP contribution in [0.4, 0.5) is 0 Å². The van der Waals surface area contributed by atoms with E-state index in [0.717, 1.165) is 26.0 Å². The highest BCUT2D eigenvalue weighted by atomic mass is 35.7. The van der Waals surface area contributed by atoms with Crippen LogP contribution in [0.1, 0.15) is 34.6 Å². The second-order valence-corrected chi connectivity index (χ2v) is 11.4. The monoisotopic (exact) mass is 502 g/mol. The van der Waals surface area contributed by atoms with Gasteiger partial charge in [0.25, 0.3) is 18.1 Å². The fraction of sp³-hybridized carbons (Fsp3) is 0.125. The van der Waals surface area contributed by atoms with Crippen molar-refractivity contribution in [3.05, 3.63) is 45.4 Å². The van der Waals surface area contributed by atoms with E-state index < -0.39 is 50.6 Å². The van der Waals surface area contributed by atoms with Crippen LogP contribution in [0.25, 0.3) is 11.1 Å². The molecule has 0 amide bonds. The predicted molar refractivity (Wildman–Crippen MR) is 108 cm³/mol. The molecule has 0 saturated heterocycles. The molecule has 150 valence electrons. The normalized spacial score (nSPS) is 12.1. The molecule has 0 aliphatic carbocycles. The average molecular weight is 504 g/mol. The number of carbonyl (C=O) groups is 2. The lowest BCUT2D eigenvalue weighted by atomic mass is 9.98. The van der Waals surface area contributed by atoms with Crippen molar-refractivity contribution in [1.29, 1.82) is 0 Å². The summed E-state index contributed by atoms with van der Waals surface area (Å²) in [6, 6.07) is 4.71. The molecule has 0 bridgehead atoms. The number of halogens is 4. The summed E-state index contributed by atoms with van der Waals surface area (Å²) >= 11 is 11.9. The highest BCUT2D eigenvalue weighted by molar-refractivity contribution is 8.14. The molecule has 6 nitrogen and oxygen atoms in total. The lowest BCUT2D eigenvalue weighted by Gasteiger charge is -2.17. The number of rotatable bonds is 5. The summed E-state index contributed by atoms with van der Waals surface area (Å²) in [5.41, 5.74) is -1.40. The molecule has 28 heavy (non-hydrogen) atoms. The van der Waals surface area contributed by atoms with Gasteiger partial charge in [-0.2, -0.15) is 0 Å². The van der Waals surface area contributed by atoms with E-state index in [9.17, 15) is 26.4 Å². The van der Waals surface area contributed by atoms with Gasteiger partial charge in [-0.15, -0.1) is 0 Å². The Morgan fingerprint density at radius 1 is 0.679 bits per heavy atom. The van der Waals surface area contributed by atoms with E-state index in [2.05, 4.69) is 0 Å². The number of hydrogen-bond acceptors (Lipinski definition) is 6. The molecular weight excluding hydrogens is 494 g/mol.